The minimum Gasteiger partial charge on any atom is -0.480 e. The molecule has 0 bridgehead atoms. The third kappa shape index (κ3) is 4.90. The van der Waals surface area contributed by atoms with Crippen molar-refractivity contribution < 1.29 is 14.3 Å². The molecule has 0 heterocycles. The van der Waals surface area contributed by atoms with Crippen molar-refractivity contribution in [2.24, 2.45) is 0 Å². The molecule has 0 aliphatic heterocycles. The van der Waals surface area contributed by atoms with Crippen LogP contribution < -0.4 is 5.32 Å². The van der Waals surface area contributed by atoms with E-state index in [1.54, 1.807) is 12.1 Å². The van der Waals surface area contributed by atoms with Gasteiger partial charge in [-0.25, -0.2) is 4.39 Å². The summed E-state index contributed by atoms with van der Waals surface area (Å²) in [6.45, 7) is 7.59. The van der Waals surface area contributed by atoms with Gasteiger partial charge in [0.1, 0.15) is 11.9 Å². The quantitative estimate of drug-likeness (QED) is 0.682. The van der Waals surface area contributed by atoms with E-state index in [2.05, 4.69) is 24.1 Å². The van der Waals surface area contributed by atoms with Crippen molar-refractivity contribution in [3.8, 4) is 0 Å². The first-order valence-corrected chi connectivity index (χ1v) is 7.03. The number of carboxylic acids is 1. The summed E-state index contributed by atoms with van der Waals surface area (Å²) in [4.78, 5) is 13.5. The van der Waals surface area contributed by atoms with E-state index in [0.29, 0.717) is 6.54 Å². The van der Waals surface area contributed by atoms with Gasteiger partial charge in [-0.2, -0.15) is 0 Å². The molecule has 0 radical (unpaired) electrons. The maximum Gasteiger partial charge on any atom is 0.325 e. The van der Waals surface area contributed by atoms with Crippen LogP contribution in [-0.2, 0) is 4.79 Å². The van der Waals surface area contributed by atoms with E-state index in [9.17, 15) is 14.3 Å². The molecule has 1 unspecified atom stereocenters. The second-order valence-corrected chi connectivity index (χ2v) is 4.63. The van der Waals surface area contributed by atoms with Crippen molar-refractivity contribution in [3.05, 3.63) is 35.6 Å². The fourth-order valence-electron chi connectivity index (χ4n) is 2.13. The molecule has 0 aliphatic carbocycles. The number of benzene rings is 1. The average molecular weight is 282 g/mol. The van der Waals surface area contributed by atoms with Crippen LogP contribution in [0.3, 0.4) is 0 Å². The number of hydrogen-bond donors (Lipinski definition) is 2. The summed E-state index contributed by atoms with van der Waals surface area (Å²) in [6, 6.07) is 4.99. The van der Waals surface area contributed by atoms with Crippen LogP contribution in [0.15, 0.2) is 24.3 Å². The van der Waals surface area contributed by atoms with Gasteiger partial charge in [0.15, 0.2) is 0 Å². The minimum atomic E-state index is -1.06. The Morgan fingerprint density at radius 3 is 2.55 bits per heavy atom. The first kappa shape index (κ1) is 16.6. The van der Waals surface area contributed by atoms with Gasteiger partial charge < -0.3 is 15.3 Å². The second kappa shape index (κ2) is 8.66. The van der Waals surface area contributed by atoms with E-state index in [-0.39, 0.29) is 5.56 Å². The van der Waals surface area contributed by atoms with Crippen LogP contribution in [0.25, 0.3) is 0 Å². The van der Waals surface area contributed by atoms with Crippen molar-refractivity contribution in [2.75, 3.05) is 26.2 Å². The monoisotopic (exact) mass is 282 g/mol. The summed E-state index contributed by atoms with van der Waals surface area (Å²) in [5.41, 5.74) is 0.183. The summed E-state index contributed by atoms with van der Waals surface area (Å²) in [6.07, 6.45) is 0.833. The van der Waals surface area contributed by atoms with Gasteiger partial charge in [0, 0.05) is 5.56 Å². The summed E-state index contributed by atoms with van der Waals surface area (Å²) in [7, 11) is 0. The Kier molecular flexibility index (Phi) is 7.18. The Morgan fingerprint density at radius 2 is 2.00 bits per heavy atom. The first-order valence-electron chi connectivity index (χ1n) is 7.03. The van der Waals surface area contributed by atoms with Crippen molar-refractivity contribution in [1.82, 2.24) is 10.2 Å². The molecule has 1 rings (SSSR count). The number of aliphatic carboxylic acids is 1. The second-order valence-electron chi connectivity index (χ2n) is 4.63. The molecular weight excluding hydrogens is 259 g/mol. The molecule has 0 aromatic heterocycles. The molecule has 20 heavy (non-hydrogen) atoms. The molecule has 112 valence electrons. The predicted molar refractivity (Wildman–Crippen MR) is 77.2 cm³/mol. The molecule has 4 nitrogen and oxygen atoms in total. The lowest BCUT2D eigenvalue weighted by molar-refractivity contribution is -0.139. The Balaban J connectivity index is 2.53. The number of nitrogens with one attached hydrogen (secondary N) is 1. The summed E-state index contributed by atoms with van der Waals surface area (Å²) in [5.74, 6) is -1.55. The SMILES string of the molecule is CCN(CC)CCCNC(C(=O)O)c1ccccc1F. The van der Waals surface area contributed by atoms with E-state index in [1.165, 1.54) is 12.1 Å². The van der Waals surface area contributed by atoms with E-state index < -0.39 is 17.8 Å². The van der Waals surface area contributed by atoms with Crippen LogP contribution in [0, 0.1) is 5.82 Å². The highest BCUT2D eigenvalue weighted by Gasteiger charge is 2.21. The lowest BCUT2D eigenvalue weighted by Crippen LogP contribution is -2.32. The number of nitrogens with zero attached hydrogens (tertiary/aromatic N) is 1. The molecule has 0 aliphatic rings. The maximum absolute atomic E-state index is 13.6. The number of carbonyl (C=O) groups is 1. The molecule has 1 aromatic rings. The smallest absolute Gasteiger partial charge is 0.325 e. The molecule has 1 atom stereocenters. The predicted octanol–water partition coefficient (Wildman–Crippen LogP) is 2.27. The van der Waals surface area contributed by atoms with Gasteiger partial charge in [-0.1, -0.05) is 32.0 Å². The first-order chi connectivity index (χ1) is 9.60. The van der Waals surface area contributed by atoms with Crippen LogP contribution in [0.2, 0.25) is 0 Å². The van der Waals surface area contributed by atoms with Gasteiger partial charge in [-0.15, -0.1) is 0 Å². The molecule has 0 saturated heterocycles. The van der Waals surface area contributed by atoms with E-state index in [0.717, 1.165) is 26.1 Å². The van der Waals surface area contributed by atoms with Crippen molar-refractivity contribution in [3.63, 3.8) is 0 Å². The zero-order chi connectivity index (χ0) is 15.0. The zero-order valence-corrected chi connectivity index (χ0v) is 12.1. The maximum atomic E-state index is 13.6. The lowest BCUT2D eigenvalue weighted by Gasteiger charge is -2.19. The number of rotatable bonds is 9. The fraction of sp³-hybridized carbons (Fsp3) is 0.533. The average Bonchev–Trinajstić information content (AvgIpc) is 2.44. The normalized spacial score (nSPS) is 12.6. The molecule has 0 amide bonds. The Hall–Kier alpha value is -1.46. The highest BCUT2D eigenvalue weighted by Crippen LogP contribution is 2.16. The highest BCUT2D eigenvalue weighted by atomic mass is 19.1. The van der Waals surface area contributed by atoms with Crippen LogP contribution >= 0.6 is 0 Å². The molecule has 1 aromatic carbocycles. The standard InChI is InChI=1S/C15H23FN2O2/c1-3-18(4-2)11-7-10-17-14(15(19)20)12-8-5-6-9-13(12)16/h5-6,8-9,14,17H,3-4,7,10-11H2,1-2H3,(H,19,20). The number of hydrogen-bond acceptors (Lipinski definition) is 3. The summed E-state index contributed by atoms with van der Waals surface area (Å²) >= 11 is 0. The molecule has 0 fully saturated rings. The van der Waals surface area contributed by atoms with Gasteiger partial charge in [0.2, 0.25) is 0 Å². The van der Waals surface area contributed by atoms with Gasteiger partial charge in [-0.05, 0) is 38.7 Å². The highest BCUT2D eigenvalue weighted by molar-refractivity contribution is 5.75. The summed E-state index contributed by atoms with van der Waals surface area (Å²) < 4.78 is 13.6. The Morgan fingerprint density at radius 1 is 1.35 bits per heavy atom. The van der Waals surface area contributed by atoms with E-state index in [4.69, 9.17) is 0 Å². The van der Waals surface area contributed by atoms with E-state index >= 15 is 0 Å². The van der Waals surface area contributed by atoms with Crippen LogP contribution in [0.5, 0.6) is 0 Å². The van der Waals surface area contributed by atoms with Crippen LogP contribution in [-0.4, -0.2) is 42.2 Å². The molecule has 5 heteroatoms. The lowest BCUT2D eigenvalue weighted by atomic mass is 10.1. The van der Waals surface area contributed by atoms with Crippen molar-refractivity contribution in [2.45, 2.75) is 26.3 Å². The van der Waals surface area contributed by atoms with Crippen molar-refractivity contribution in [1.29, 1.82) is 0 Å². The van der Waals surface area contributed by atoms with Gasteiger partial charge in [0.25, 0.3) is 0 Å². The third-order valence-electron chi connectivity index (χ3n) is 3.36. The van der Waals surface area contributed by atoms with Gasteiger partial charge in [0.05, 0.1) is 0 Å². The topological polar surface area (TPSA) is 52.6 Å². The molecule has 2 N–H and O–H groups in total. The molecule has 0 spiro atoms. The third-order valence-corrected chi connectivity index (χ3v) is 3.36. The van der Waals surface area contributed by atoms with Crippen LogP contribution in [0.4, 0.5) is 4.39 Å². The number of halogens is 1. The zero-order valence-electron chi connectivity index (χ0n) is 12.1. The largest absolute Gasteiger partial charge is 0.480 e. The van der Waals surface area contributed by atoms with E-state index in [1.807, 2.05) is 0 Å². The van der Waals surface area contributed by atoms with Gasteiger partial charge >= 0.3 is 5.97 Å². The van der Waals surface area contributed by atoms with Crippen molar-refractivity contribution >= 4 is 5.97 Å². The Labute approximate surface area is 119 Å². The molecular formula is C15H23FN2O2. The fourth-order valence-corrected chi connectivity index (χ4v) is 2.13. The minimum absolute atomic E-state index is 0.183. The van der Waals surface area contributed by atoms with Crippen LogP contribution in [0.1, 0.15) is 31.9 Å². The number of carboxylic acid groups (broad SMARTS) is 1. The Bertz CT molecular complexity index is 422. The molecule has 0 saturated carbocycles. The van der Waals surface area contributed by atoms with Gasteiger partial charge in [-0.3, -0.25) is 4.79 Å². The summed E-state index contributed by atoms with van der Waals surface area (Å²) in [5, 5.41) is 12.1.